The van der Waals surface area contributed by atoms with Crippen LogP contribution in [0.1, 0.15) is 34.5 Å². The molecule has 18 heavy (non-hydrogen) atoms. The third-order valence-corrected chi connectivity index (χ3v) is 3.90. The molecule has 2 rings (SSSR count). The minimum Gasteiger partial charge on any atom is -0.307 e. The lowest BCUT2D eigenvalue weighted by Crippen LogP contribution is -2.21. The van der Waals surface area contributed by atoms with Gasteiger partial charge >= 0.3 is 0 Å². The second-order valence-electron chi connectivity index (χ2n) is 4.49. The molecule has 3 heteroatoms. The number of thiophene rings is 1. The number of nitrogens with one attached hydrogen (secondary N) is 1. The molecule has 1 atom stereocenters. The summed E-state index contributed by atoms with van der Waals surface area (Å²) in [6.07, 6.45) is 0. The first-order valence-electron chi connectivity index (χ1n) is 6.16. The first-order chi connectivity index (χ1) is 8.61. The van der Waals surface area contributed by atoms with Crippen LogP contribution in [-0.4, -0.2) is 6.54 Å². The Balaban J connectivity index is 2.37. The van der Waals surface area contributed by atoms with Gasteiger partial charge in [-0.05, 0) is 54.6 Å². The Bertz CT molecular complexity index is 533. The molecular formula is C15H18FNS. The van der Waals surface area contributed by atoms with Gasteiger partial charge in [-0.3, -0.25) is 0 Å². The summed E-state index contributed by atoms with van der Waals surface area (Å²) in [5.74, 6) is -0.137. The van der Waals surface area contributed by atoms with Crippen molar-refractivity contribution in [2.24, 2.45) is 0 Å². The molecule has 0 radical (unpaired) electrons. The lowest BCUT2D eigenvalue weighted by Gasteiger charge is -2.18. The van der Waals surface area contributed by atoms with Crippen LogP contribution in [0, 0.1) is 19.7 Å². The Kier molecular flexibility index (Phi) is 4.15. The van der Waals surface area contributed by atoms with E-state index in [1.54, 1.807) is 24.3 Å². The summed E-state index contributed by atoms with van der Waals surface area (Å²) < 4.78 is 13.7. The minimum atomic E-state index is -0.137. The van der Waals surface area contributed by atoms with E-state index >= 15 is 0 Å². The van der Waals surface area contributed by atoms with E-state index in [0.717, 1.165) is 12.1 Å². The van der Waals surface area contributed by atoms with Crippen molar-refractivity contribution in [1.82, 2.24) is 5.32 Å². The SMILES string of the molecule is CCNC(c1csc(C)c1)c1ccc(C)c(F)c1. The number of halogens is 1. The van der Waals surface area contributed by atoms with Crippen molar-refractivity contribution < 1.29 is 4.39 Å². The fourth-order valence-electron chi connectivity index (χ4n) is 2.04. The quantitative estimate of drug-likeness (QED) is 0.871. The van der Waals surface area contributed by atoms with Crippen LogP contribution in [0.3, 0.4) is 0 Å². The van der Waals surface area contributed by atoms with Gasteiger partial charge in [0.25, 0.3) is 0 Å². The topological polar surface area (TPSA) is 12.0 Å². The normalized spacial score (nSPS) is 12.7. The van der Waals surface area contributed by atoms with Crippen molar-refractivity contribution in [1.29, 1.82) is 0 Å². The van der Waals surface area contributed by atoms with E-state index in [9.17, 15) is 4.39 Å². The summed E-state index contributed by atoms with van der Waals surface area (Å²) in [7, 11) is 0. The molecule has 1 aromatic heterocycles. The molecular weight excluding hydrogens is 245 g/mol. The van der Waals surface area contributed by atoms with Gasteiger partial charge in [0.1, 0.15) is 5.82 Å². The van der Waals surface area contributed by atoms with Gasteiger partial charge < -0.3 is 5.32 Å². The maximum Gasteiger partial charge on any atom is 0.126 e. The molecule has 1 unspecified atom stereocenters. The highest BCUT2D eigenvalue weighted by molar-refractivity contribution is 7.10. The van der Waals surface area contributed by atoms with Gasteiger partial charge in [0.15, 0.2) is 0 Å². The first-order valence-corrected chi connectivity index (χ1v) is 7.04. The maximum atomic E-state index is 13.7. The second-order valence-corrected chi connectivity index (χ2v) is 5.61. The van der Waals surface area contributed by atoms with E-state index in [-0.39, 0.29) is 11.9 Å². The average molecular weight is 263 g/mol. The van der Waals surface area contributed by atoms with Crippen LogP contribution in [0.5, 0.6) is 0 Å². The van der Waals surface area contributed by atoms with Gasteiger partial charge in [-0.15, -0.1) is 11.3 Å². The number of hydrogen-bond acceptors (Lipinski definition) is 2. The molecule has 1 nitrogen and oxygen atoms in total. The van der Waals surface area contributed by atoms with Gasteiger partial charge in [0, 0.05) is 4.88 Å². The van der Waals surface area contributed by atoms with Crippen molar-refractivity contribution in [2.45, 2.75) is 26.8 Å². The van der Waals surface area contributed by atoms with Crippen LogP contribution in [0.2, 0.25) is 0 Å². The monoisotopic (exact) mass is 263 g/mol. The van der Waals surface area contributed by atoms with E-state index in [1.165, 1.54) is 10.4 Å². The third kappa shape index (κ3) is 2.79. The van der Waals surface area contributed by atoms with E-state index in [2.05, 4.69) is 30.6 Å². The van der Waals surface area contributed by atoms with Crippen LogP contribution >= 0.6 is 11.3 Å². The number of rotatable bonds is 4. The summed E-state index contributed by atoms with van der Waals surface area (Å²) >= 11 is 1.73. The first kappa shape index (κ1) is 13.2. The molecule has 0 spiro atoms. The van der Waals surface area contributed by atoms with Gasteiger partial charge in [-0.25, -0.2) is 4.39 Å². The zero-order valence-corrected chi connectivity index (χ0v) is 11.8. The Hall–Kier alpha value is -1.19. The Labute approximate surface area is 112 Å². The van der Waals surface area contributed by atoms with Crippen molar-refractivity contribution in [2.75, 3.05) is 6.54 Å². The largest absolute Gasteiger partial charge is 0.307 e. The smallest absolute Gasteiger partial charge is 0.126 e. The lowest BCUT2D eigenvalue weighted by molar-refractivity contribution is 0.598. The maximum absolute atomic E-state index is 13.7. The molecule has 1 aromatic carbocycles. The molecule has 1 heterocycles. The summed E-state index contributed by atoms with van der Waals surface area (Å²) in [6.45, 7) is 6.80. The van der Waals surface area contributed by atoms with Crippen molar-refractivity contribution in [3.05, 3.63) is 57.0 Å². The molecule has 96 valence electrons. The zero-order valence-electron chi connectivity index (χ0n) is 11.0. The molecule has 0 aliphatic rings. The highest BCUT2D eigenvalue weighted by Crippen LogP contribution is 2.27. The minimum absolute atomic E-state index is 0.0787. The van der Waals surface area contributed by atoms with E-state index in [4.69, 9.17) is 0 Å². The lowest BCUT2D eigenvalue weighted by atomic mass is 9.99. The predicted molar refractivity (Wildman–Crippen MR) is 75.7 cm³/mol. The number of aryl methyl sites for hydroxylation is 2. The second kappa shape index (κ2) is 5.63. The Morgan fingerprint density at radius 2 is 2.00 bits per heavy atom. The summed E-state index contributed by atoms with van der Waals surface area (Å²) in [5, 5.41) is 5.55. The standard InChI is InChI=1S/C15H18FNS/c1-4-17-15(13-7-11(3)18-9-13)12-6-5-10(2)14(16)8-12/h5-9,15,17H,4H2,1-3H3. The van der Waals surface area contributed by atoms with E-state index < -0.39 is 0 Å². The summed E-state index contributed by atoms with van der Waals surface area (Å²) in [4.78, 5) is 1.28. The van der Waals surface area contributed by atoms with Crippen molar-refractivity contribution in [3.63, 3.8) is 0 Å². The highest BCUT2D eigenvalue weighted by atomic mass is 32.1. The van der Waals surface area contributed by atoms with Crippen molar-refractivity contribution >= 4 is 11.3 Å². The summed E-state index contributed by atoms with van der Waals surface area (Å²) in [5.41, 5.74) is 2.89. The molecule has 0 aliphatic heterocycles. The fraction of sp³-hybridized carbons (Fsp3) is 0.333. The summed E-state index contributed by atoms with van der Waals surface area (Å²) in [6, 6.07) is 7.72. The Morgan fingerprint density at radius 3 is 2.56 bits per heavy atom. The number of hydrogen-bond donors (Lipinski definition) is 1. The van der Waals surface area contributed by atoms with Crippen LogP contribution in [0.15, 0.2) is 29.6 Å². The molecule has 0 bridgehead atoms. The van der Waals surface area contributed by atoms with Crippen LogP contribution in [-0.2, 0) is 0 Å². The van der Waals surface area contributed by atoms with Crippen LogP contribution in [0.4, 0.5) is 4.39 Å². The Morgan fingerprint density at radius 1 is 1.22 bits per heavy atom. The van der Waals surface area contributed by atoms with Gasteiger partial charge in [-0.2, -0.15) is 0 Å². The van der Waals surface area contributed by atoms with Crippen LogP contribution in [0.25, 0.3) is 0 Å². The van der Waals surface area contributed by atoms with Gasteiger partial charge in [-0.1, -0.05) is 19.1 Å². The van der Waals surface area contributed by atoms with Gasteiger partial charge in [0.05, 0.1) is 6.04 Å². The number of benzene rings is 1. The molecule has 2 aromatic rings. The molecule has 0 saturated heterocycles. The van der Waals surface area contributed by atoms with Gasteiger partial charge in [0.2, 0.25) is 0 Å². The fourth-order valence-corrected chi connectivity index (χ4v) is 2.77. The molecule has 1 N–H and O–H groups in total. The predicted octanol–water partition coefficient (Wildman–Crippen LogP) is 4.20. The highest BCUT2D eigenvalue weighted by Gasteiger charge is 2.15. The third-order valence-electron chi connectivity index (χ3n) is 3.02. The average Bonchev–Trinajstić information content (AvgIpc) is 2.76. The zero-order chi connectivity index (χ0) is 13.1. The van der Waals surface area contributed by atoms with Crippen LogP contribution < -0.4 is 5.32 Å². The van der Waals surface area contributed by atoms with E-state index in [0.29, 0.717) is 5.56 Å². The molecule has 0 amide bonds. The van der Waals surface area contributed by atoms with E-state index in [1.807, 2.05) is 12.1 Å². The van der Waals surface area contributed by atoms with Crippen molar-refractivity contribution in [3.8, 4) is 0 Å². The molecule has 0 saturated carbocycles. The molecule has 0 fully saturated rings. The molecule has 0 aliphatic carbocycles.